The van der Waals surface area contributed by atoms with Gasteiger partial charge in [-0.1, -0.05) is 35.3 Å². The Bertz CT molecular complexity index is 731. The molecule has 3 N–H and O–H groups in total. The zero-order valence-corrected chi connectivity index (χ0v) is 15.7. The number of methoxy groups -OCH3 is 2. The Morgan fingerprint density at radius 3 is 2.40 bits per heavy atom. The lowest BCUT2D eigenvalue weighted by atomic mass is 10.1. The van der Waals surface area contributed by atoms with Crippen molar-refractivity contribution in [2.45, 2.75) is 13.0 Å². The van der Waals surface area contributed by atoms with Crippen LogP contribution in [-0.2, 0) is 13.0 Å². The second-order valence-electron chi connectivity index (χ2n) is 5.27. The van der Waals surface area contributed by atoms with E-state index >= 15 is 0 Å². The van der Waals surface area contributed by atoms with Gasteiger partial charge in [0, 0.05) is 16.6 Å². The van der Waals surface area contributed by atoms with Crippen LogP contribution >= 0.6 is 23.2 Å². The molecule has 25 heavy (non-hydrogen) atoms. The summed E-state index contributed by atoms with van der Waals surface area (Å²) in [5, 5.41) is 4.36. The smallest absolute Gasteiger partial charge is 0.188 e. The van der Waals surface area contributed by atoms with E-state index in [1.165, 1.54) is 0 Å². The van der Waals surface area contributed by atoms with Gasteiger partial charge in [-0.2, -0.15) is 0 Å². The van der Waals surface area contributed by atoms with E-state index in [1.807, 2.05) is 36.4 Å². The quantitative estimate of drug-likeness (QED) is 0.567. The summed E-state index contributed by atoms with van der Waals surface area (Å²) in [6.45, 7) is 1.02. The lowest BCUT2D eigenvalue weighted by Crippen LogP contribution is -2.33. The monoisotopic (exact) mass is 381 g/mol. The molecule has 0 saturated carbocycles. The molecule has 134 valence electrons. The van der Waals surface area contributed by atoms with Crippen LogP contribution < -0.4 is 20.5 Å². The first-order valence-corrected chi connectivity index (χ1v) is 8.48. The van der Waals surface area contributed by atoms with Crippen LogP contribution in [0.4, 0.5) is 0 Å². The molecule has 2 rings (SSSR count). The minimum absolute atomic E-state index is 0.359. The number of nitrogens with two attached hydrogens (primary N) is 1. The van der Waals surface area contributed by atoms with Crippen LogP contribution in [0.15, 0.2) is 41.4 Å². The molecular weight excluding hydrogens is 361 g/mol. The van der Waals surface area contributed by atoms with Gasteiger partial charge in [0.15, 0.2) is 17.5 Å². The topological polar surface area (TPSA) is 68.9 Å². The van der Waals surface area contributed by atoms with Crippen LogP contribution in [0, 0.1) is 0 Å². The zero-order chi connectivity index (χ0) is 18.2. The largest absolute Gasteiger partial charge is 0.493 e. The summed E-state index contributed by atoms with van der Waals surface area (Å²) in [5.74, 6) is 1.70. The van der Waals surface area contributed by atoms with Crippen molar-refractivity contribution < 1.29 is 9.47 Å². The molecule has 0 radical (unpaired) electrons. The molecule has 0 aliphatic carbocycles. The average molecular weight is 382 g/mol. The van der Waals surface area contributed by atoms with Crippen molar-refractivity contribution >= 4 is 29.2 Å². The maximum atomic E-state index is 6.14. The molecule has 0 aliphatic heterocycles. The Balaban J connectivity index is 1.90. The Kier molecular flexibility index (Phi) is 7.22. The Morgan fingerprint density at radius 2 is 1.76 bits per heavy atom. The highest BCUT2D eigenvalue weighted by atomic mass is 35.5. The van der Waals surface area contributed by atoms with E-state index in [9.17, 15) is 0 Å². The Labute approximate surface area is 157 Å². The molecule has 0 saturated heterocycles. The normalized spacial score (nSPS) is 11.3. The molecule has 0 fully saturated rings. The first-order valence-electron chi connectivity index (χ1n) is 7.72. The zero-order valence-electron chi connectivity index (χ0n) is 14.2. The van der Waals surface area contributed by atoms with Crippen LogP contribution in [-0.4, -0.2) is 26.7 Å². The third-order valence-electron chi connectivity index (χ3n) is 3.62. The summed E-state index contributed by atoms with van der Waals surface area (Å²) in [5.41, 5.74) is 7.77. The molecule has 0 unspecified atom stereocenters. The van der Waals surface area contributed by atoms with Crippen LogP contribution in [0.2, 0.25) is 10.0 Å². The second kappa shape index (κ2) is 9.39. The number of hydrogen-bond acceptors (Lipinski definition) is 3. The van der Waals surface area contributed by atoms with Gasteiger partial charge in [0.25, 0.3) is 0 Å². The van der Waals surface area contributed by atoms with Gasteiger partial charge in [0.1, 0.15) is 0 Å². The van der Waals surface area contributed by atoms with Gasteiger partial charge in [-0.05, 0) is 41.8 Å². The van der Waals surface area contributed by atoms with E-state index in [0.717, 1.165) is 11.1 Å². The molecule has 2 aromatic rings. The molecule has 0 spiro atoms. The first kappa shape index (κ1) is 19.2. The number of hydrogen-bond donors (Lipinski definition) is 2. The summed E-state index contributed by atoms with van der Waals surface area (Å²) in [7, 11) is 3.20. The van der Waals surface area contributed by atoms with Gasteiger partial charge in [-0.25, -0.2) is 4.99 Å². The van der Waals surface area contributed by atoms with Crippen LogP contribution in [0.25, 0.3) is 0 Å². The van der Waals surface area contributed by atoms with Crippen molar-refractivity contribution in [1.82, 2.24) is 5.32 Å². The highest BCUT2D eigenvalue weighted by Crippen LogP contribution is 2.27. The van der Waals surface area contributed by atoms with E-state index in [0.29, 0.717) is 47.0 Å². The minimum Gasteiger partial charge on any atom is -0.493 e. The van der Waals surface area contributed by atoms with Gasteiger partial charge < -0.3 is 20.5 Å². The van der Waals surface area contributed by atoms with E-state index in [2.05, 4.69) is 10.3 Å². The fourth-order valence-electron chi connectivity index (χ4n) is 2.30. The Hall–Kier alpha value is -2.11. The van der Waals surface area contributed by atoms with Gasteiger partial charge in [-0.3, -0.25) is 0 Å². The highest BCUT2D eigenvalue weighted by molar-refractivity contribution is 6.35. The van der Waals surface area contributed by atoms with Crippen molar-refractivity contribution in [3.05, 3.63) is 57.6 Å². The first-order chi connectivity index (χ1) is 12.0. The minimum atomic E-state index is 0.359. The summed E-state index contributed by atoms with van der Waals surface area (Å²) < 4.78 is 10.5. The van der Waals surface area contributed by atoms with Crippen LogP contribution in [0.3, 0.4) is 0 Å². The van der Waals surface area contributed by atoms with Crippen LogP contribution in [0.1, 0.15) is 11.1 Å². The predicted molar refractivity (Wildman–Crippen MR) is 103 cm³/mol. The fourth-order valence-corrected chi connectivity index (χ4v) is 2.88. The van der Waals surface area contributed by atoms with Crippen molar-refractivity contribution in [2.75, 3.05) is 20.8 Å². The number of nitrogens with one attached hydrogen (secondary N) is 1. The third-order valence-corrected chi connectivity index (χ3v) is 4.33. The molecule has 0 aromatic heterocycles. The summed E-state index contributed by atoms with van der Waals surface area (Å²) in [4.78, 5) is 4.32. The van der Waals surface area contributed by atoms with Gasteiger partial charge in [-0.15, -0.1) is 0 Å². The number of benzene rings is 2. The maximum absolute atomic E-state index is 6.14. The lowest BCUT2D eigenvalue weighted by molar-refractivity contribution is 0.354. The van der Waals surface area contributed by atoms with Gasteiger partial charge >= 0.3 is 0 Å². The van der Waals surface area contributed by atoms with Crippen molar-refractivity contribution in [3.8, 4) is 11.5 Å². The number of halogens is 2. The summed E-state index contributed by atoms with van der Waals surface area (Å²) in [6, 6.07) is 11.1. The highest BCUT2D eigenvalue weighted by Gasteiger charge is 2.06. The molecule has 7 heteroatoms. The number of aliphatic imine (C=N–C) groups is 1. The molecule has 0 aliphatic rings. The van der Waals surface area contributed by atoms with E-state index in [-0.39, 0.29) is 0 Å². The summed E-state index contributed by atoms with van der Waals surface area (Å²) in [6.07, 6.45) is 0.658. The number of nitrogens with zero attached hydrogens (tertiary/aromatic N) is 1. The van der Waals surface area contributed by atoms with Crippen molar-refractivity contribution in [1.29, 1.82) is 0 Å². The molecular formula is C18H21Cl2N3O2. The molecule has 0 amide bonds. The molecule has 0 heterocycles. The second-order valence-corrected chi connectivity index (χ2v) is 6.08. The van der Waals surface area contributed by atoms with Crippen molar-refractivity contribution in [3.63, 3.8) is 0 Å². The molecule has 5 nitrogen and oxygen atoms in total. The molecule has 0 atom stereocenters. The summed E-state index contributed by atoms with van der Waals surface area (Å²) >= 11 is 12.3. The fraction of sp³-hybridized carbons (Fsp3) is 0.278. The number of rotatable bonds is 7. The lowest BCUT2D eigenvalue weighted by Gasteiger charge is -2.10. The average Bonchev–Trinajstić information content (AvgIpc) is 2.62. The number of guanidine groups is 1. The van der Waals surface area contributed by atoms with E-state index in [4.69, 9.17) is 38.4 Å². The standard InChI is InChI=1S/C18H21Cl2N3O2/c1-24-16-7-6-12(10-17(16)25-2)11-23-18(21)22-9-8-13-14(19)4-3-5-15(13)20/h3-7,10H,8-9,11H2,1-2H3,(H3,21,22,23). The predicted octanol–water partition coefficient (Wildman–Crippen LogP) is 3.66. The molecule has 2 aromatic carbocycles. The van der Waals surface area contributed by atoms with Crippen LogP contribution in [0.5, 0.6) is 11.5 Å². The van der Waals surface area contributed by atoms with E-state index in [1.54, 1.807) is 14.2 Å². The van der Waals surface area contributed by atoms with Gasteiger partial charge in [0.2, 0.25) is 0 Å². The van der Waals surface area contributed by atoms with Crippen molar-refractivity contribution in [2.24, 2.45) is 10.7 Å². The van der Waals surface area contributed by atoms with Gasteiger partial charge in [0.05, 0.1) is 20.8 Å². The molecule has 0 bridgehead atoms. The Morgan fingerprint density at radius 1 is 1.08 bits per heavy atom. The maximum Gasteiger partial charge on any atom is 0.188 e. The SMILES string of the molecule is COc1ccc(CN=C(N)NCCc2c(Cl)cccc2Cl)cc1OC. The number of ether oxygens (including phenoxy) is 2. The third kappa shape index (κ3) is 5.44. The van der Waals surface area contributed by atoms with E-state index < -0.39 is 0 Å².